The van der Waals surface area contributed by atoms with E-state index in [1.54, 1.807) is 40.4 Å². The van der Waals surface area contributed by atoms with E-state index in [1.165, 1.54) is 4.90 Å². The monoisotopic (exact) mass is 294 g/mol. The Morgan fingerprint density at radius 1 is 1.65 bits per heavy atom. The molecule has 0 bridgehead atoms. The smallest absolute Gasteiger partial charge is 0.230 e. The van der Waals surface area contributed by atoms with Gasteiger partial charge in [-0.2, -0.15) is 0 Å². The van der Waals surface area contributed by atoms with Gasteiger partial charge in [-0.1, -0.05) is 0 Å². The zero-order valence-corrected chi connectivity index (χ0v) is 11.7. The molecule has 8 heteroatoms. The van der Waals surface area contributed by atoms with Crippen molar-refractivity contribution in [3.05, 3.63) is 23.5 Å². The lowest BCUT2D eigenvalue weighted by atomic mass is 10.1. The maximum atomic E-state index is 11.6. The van der Waals surface area contributed by atoms with Crippen LogP contribution in [-0.2, 0) is 23.2 Å². The molecule has 1 saturated heterocycles. The molecule has 0 aliphatic carbocycles. The van der Waals surface area contributed by atoms with Gasteiger partial charge >= 0.3 is 0 Å². The summed E-state index contributed by atoms with van der Waals surface area (Å²) in [6.07, 6.45) is 2.18. The number of aliphatic carboxylic acids is 1. The molecule has 0 unspecified atom stereocenters. The molecule has 20 heavy (non-hydrogen) atoms. The number of hydrogen-bond donors (Lipinski definition) is 1. The molecule has 2 N–H and O–H groups in total. The molecule has 0 aromatic carbocycles. The number of thioether (sulfide) groups is 1. The van der Waals surface area contributed by atoms with Crippen LogP contribution in [-0.4, -0.2) is 32.6 Å². The lowest BCUT2D eigenvalue weighted by Crippen LogP contribution is -2.57. The van der Waals surface area contributed by atoms with Crippen LogP contribution in [0.3, 0.4) is 0 Å². The molecular weight excluding hydrogens is 280 g/mol. The summed E-state index contributed by atoms with van der Waals surface area (Å²) in [6, 6.07) is 1.74. The molecule has 2 aliphatic heterocycles. The predicted molar refractivity (Wildman–Crippen MR) is 69.8 cm³/mol. The molecule has 0 saturated carbocycles. The van der Waals surface area contributed by atoms with Gasteiger partial charge in [0.15, 0.2) is 18.6 Å². The number of amides is 1. The van der Waals surface area contributed by atoms with Crippen molar-refractivity contribution in [2.45, 2.75) is 18.3 Å². The van der Waals surface area contributed by atoms with Gasteiger partial charge in [-0.05, 0) is 0 Å². The lowest BCUT2D eigenvalue weighted by molar-refractivity contribution is -0.765. The van der Waals surface area contributed by atoms with Crippen molar-refractivity contribution in [3.63, 3.8) is 0 Å². The van der Waals surface area contributed by atoms with Gasteiger partial charge in [0.2, 0.25) is 5.91 Å². The van der Waals surface area contributed by atoms with Gasteiger partial charge in [-0.15, -0.1) is 21.1 Å². The Morgan fingerprint density at radius 2 is 2.40 bits per heavy atom. The average Bonchev–Trinajstić information content (AvgIpc) is 2.70. The zero-order valence-electron chi connectivity index (χ0n) is 10.9. The van der Waals surface area contributed by atoms with Crippen molar-refractivity contribution in [1.29, 1.82) is 0 Å². The van der Waals surface area contributed by atoms with Crippen LogP contribution in [0.1, 0.15) is 6.42 Å². The second kappa shape index (κ2) is 4.55. The standard InChI is InChI=1S/C12H14N4O3S/c1-14-8(13)2-3-15(14)5-7-6-20-10-4-9(17)16(10)11(7)12(18)19/h2-3,10,13H,4-6H2,1H3,(H,18,19)/t10-/m1/s1. The highest BCUT2D eigenvalue weighted by Crippen LogP contribution is 2.39. The Bertz CT molecular complexity index is 637. The van der Waals surface area contributed by atoms with Gasteiger partial charge in [0.25, 0.3) is 0 Å². The Hall–Kier alpha value is -1.96. The number of nitrogens with two attached hydrogens (primary N) is 1. The molecule has 106 valence electrons. The average molecular weight is 294 g/mol. The van der Waals surface area contributed by atoms with Crippen molar-refractivity contribution in [1.82, 2.24) is 9.58 Å². The summed E-state index contributed by atoms with van der Waals surface area (Å²) >= 11 is 1.58. The molecule has 1 aromatic rings. The number of anilines is 1. The number of aromatic nitrogens is 2. The SMILES string of the molecule is Cn1c(N)cc[n+]1CC1=C(C(=O)[O-])N2C(=O)C[C@H]2SC1. The molecule has 7 nitrogen and oxygen atoms in total. The Labute approximate surface area is 119 Å². The molecule has 1 aromatic heterocycles. The van der Waals surface area contributed by atoms with E-state index in [2.05, 4.69) is 0 Å². The molecule has 1 amide bonds. The number of carbonyl (C=O) groups excluding carboxylic acids is 2. The highest BCUT2D eigenvalue weighted by Gasteiger charge is 2.43. The minimum absolute atomic E-state index is 0.0253. The number of nitrogen functional groups attached to an aromatic ring is 1. The van der Waals surface area contributed by atoms with Crippen LogP contribution in [0.5, 0.6) is 0 Å². The maximum Gasteiger partial charge on any atom is 0.230 e. The largest absolute Gasteiger partial charge is 0.543 e. The van der Waals surface area contributed by atoms with Crippen LogP contribution in [0.4, 0.5) is 5.82 Å². The molecular formula is C12H14N4O3S. The Morgan fingerprint density at radius 3 is 2.95 bits per heavy atom. The van der Waals surface area contributed by atoms with Crippen LogP contribution in [0, 0.1) is 0 Å². The van der Waals surface area contributed by atoms with E-state index in [1.807, 2.05) is 0 Å². The number of carboxylic acid groups (broad SMARTS) is 1. The topological polar surface area (TPSA) is 95.3 Å². The van der Waals surface area contributed by atoms with Crippen LogP contribution in [0.15, 0.2) is 23.5 Å². The lowest BCUT2D eigenvalue weighted by Gasteiger charge is -2.45. The van der Waals surface area contributed by atoms with Crippen molar-refractivity contribution < 1.29 is 19.4 Å². The number of carboxylic acids is 1. The van der Waals surface area contributed by atoms with E-state index in [0.717, 1.165) is 0 Å². The summed E-state index contributed by atoms with van der Waals surface area (Å²) in [5.41, 5.74) is 6.45. The van der Waals surface area contributed by atoms with Crippen molar-refractivity contribution in [2.24, 2.45) is 7.05 Å². The number of rotatable bonds is 3. The fraction of sp³-hybridized carbons (Fsp3) is 0.417. The van der Waals surface area contributed by atoms with Crippen LogP contribution >= 0.6 is 11.8 Å². The van der Waals surface area contributed by atoms with E-state index >= 15 is 0 Å². The van der Waals surface area contributed by atoms with Crippen molar-refractivity contribution in [2.75, 3.05) is 11.5 Å². The third-order valence-electron chi connectivity index (χ3n) is 3.65. The highest BCUT2D eigenvalue weighted by molar-refractivity contribution is 8.00. The first-order valence-electron chi connectivity index (χ1n) is 6.17. The van der Waals surface area contributed by atoms with Crippen LogP contribution < -0.4 is 15.5 Å². The van der Waals surface area contributed by atoms with Gasteiger partial charge in [0, 0.05) is 11.3 Å². The number of β-lactam (4-membered cyclic amide) rings is 1. The van der Waals surface area contributed by atoms with Gasteiger partial charge in [0.1, 0.15) is 0 Å². The van der Waals surface area contributed by atoms with Gasteiger partial charge in [-0.3, -0.25) is 9.69 Å². The normalized spacial score (nSPS) is 21.8. The fourth-order valence-corrected chi connectivity index (χ4v) is 3.72. The van der Waals surface area contributed by atoms with E-state index in [4.69, 9.17) is 5.73 Å². The summed E-state index contributed by atoms with van der Waals surface area (Å²) in [5, 5.41) is 11.3. The first kappa shape index (κ1) is 13.0. The molecule has 3 heterocycles. The van der Waals surface area contributed by atoms with Gasteiger partial charge in [0.05, 0.1) is 36.6 Å². The molecule has 1 fully saturated rings. The summed E-state index contributed by atoms with van der Waals surface area (Å²) in [7, 11) is 1.79. The quantitative estimate of drug-likeness (QED) is 0.524. The molecule has 2 aliphatic rings. The summed E-state index contributed by atoms with van der Waals surface area (Å²) in [5.74, 6) is -0.283. The van der Waals surface area contributed by atoms with E-state index in [0.29, 0.717) is 30.1 Å². The third-order valence-corrected chi connectivity index (χ3v) is 4.93. The highest BCUT2D eigenvalue weighted by atomic mass is 32.2. The van der Waals surface area contributed by atoms with Gasteiger partial charge in [-0.25, -0.2) is 0 Å². The van der Waals surface area contributed by atoms with Gasteiger partial charge < -0.3 is 15.6 Å². The number of nitrogens with zero attached hydrogens (tertiary/aromatic N) is 3. The number of fused-ring (bicyclic) bond motifs is 1. The first-order valence-corrected chi connectivity index (χ1v) is 7.22. The van der Waals surface area contributed by atoms with Crippen LogP contribution in [0.25, 0.3) is 0 Å². The fourth-order valence-electron chi connectivity index (χ4n) is 2.46. The molecule has 0 spiro atoms. The summed E-state index contributed by atoms with van der Waals surface area (Å²) < 4.78 is 3.54. The maximum absolute atomic E-state index is 11.6. The van der Waals surface area contributed by atoms with Crippen molar-refractivity contribution >= 4 is 29.5 Å². The van der Waals surface area contributed by atoms with Crippen molar-refractivity contribution in [3.8, 4) is 0 Å². The molecule has 0 radical (unpaired) electrons. The number of hydrogen-bond acceptors (Lipinski definition) is 5. The Balaban J connectivity index is 1.96. The second-order valence-electron chi connectivity index (χ2n) is 4.83. The summed E-state index contributed by atoms with van der Waals surface area (Å²) in [6.45, 7) is 0.376. The van der Waals surface area contributed by atoms with E-state index < -0.39 is 5.97 Å². The Kier molecular flexibility index (Phi) is 2.97. The van der Waals surface area contributed by atoms with Crippen LogP contribution in [0.2, 0.25) is 0 Å². The third kappa shape index (κ3) is 1.87. The number of carbonyl (C=O) groups is 2. The molecule has 1 atom stereocenters. The zero-order chi connectivity index (χ0) is 14.4. The molecule has 3 rings (SSSR count). The second-order valence-corrected chi connectivity index (χ2v) is 6.00. The minimum atomic E-state index is -1.29. The predicted octanol–water partition coefficient (Wildman–Crippen LogP) is -1.80. The summed E-state index contributed by atoms with van der Waals surface area (Å²) in [4.78, 5) is 24.3. The van der Waals surface area contributed by atoms with E-state index in [9.17, 15) is 14.7 Å². The first-order chi connectivity index (χ1) is 9.49. The van der Waals surface area contributed by atoms with E-state index in [-0.39, 0.29) is 17.0 Å². The minimum Gasteiger partial charge on any atom is -0.543 e.